The number of ether oxygens (including phenoxy) is 4. The number of pyridine rings is 2. The number of benzene rings is 2. The number of carbonyl (C=O) groups is 2. The van der Waals surface area contributed by atoms with E-state index < -0.39 is 25.0 Å². The fourth-order valence-electron chi connectivity index (χ4n) is 4.73. The number of halogens is 8. The van der Waals surface area contributed by atoms with Gasteiger partial charge in [-0.1, -0.05) is 46.4 Å². The van der Waals surface area contributed by atoms with Crippen molar-refractivity contribution < 1.29 is 46.1 Å². The first-order valence-corrected chi connectivity index (χ1v) is 17.8. The van der Waals surface area contributed by atoms with Gasteiger partial charge in [0.1, 0.15) is 0 Å². The molecule has 4 aromatic rings. The van der Waals surface area contributed by atoms with Crippen molar-refractivity contribution in [3.05, 3.63) is 104 Å². The molecule has 0 aliphatic heterocycles. The minimum Gasteiger partial charge on any atom is -0.489 e. The molecular formula is C36H29Cl4F4N5O6. The van der Waals surface area contributed by atoms with E-state index in [9.17, 15) is 27.2 Å². The normalized spacial score (nSPS) is 13.3. The number of rotatable bonds is 15. The topological polar surface area (TPSA) is 116 Å². The smallest absolute Gasteiger partial charge is 0.387 e. The number of hydrogen-bond donors (Lipinski definition) is 1. The third-order valence-corrected chi connectivity index (χ3v) is 8.95. The van der Waals surface area contributed by atoms with E-state index in [1.807, 2.05) is 0 Å². The average molecular weight is 845 g/mol. The lowest BCUT2D eigenvalue weighted by atomic mass is 10.1. The molecule has 2 aromatic heterocycles. The van der Waals surface area contributed by atoms with Crippen LogP contribution in [0.2, 0.25) is 20.1 Å². The molecule has 2 fully saturated rings. The van der Waals surface area contributed by atoms with E-state index in [1.54, 1.807) is 0 Å². The number of alkyl halides is 4. The summed E-state index contributed by atoms with van der Waals surface area (Å²) < 4.78 is 70.6. The van der Waals surface area contributed by atoms with Crippen LogP contribution in [0, 0.1) is 18.4 Å². The maximum atomic E-state index is 13.1. The molecule has 2 heterocycles. The van der Waals surface area contributed by atoms with E-state index in [2.05, 4.69) is 29.6 Å². The van der Waals surface area contributed by atoms with Crippen LogP contribution in [0.15, 0.2) is 61.2 Å². The van der Waals surface area contributed by atoms with Gasteiger partial charge in [-0.05, 0) is 73.9 Å². The molecule has 1 N–H and O–H groups in total. The quantitative estimate of drug-likeness (QED) is 0.0929. The monoisotopic (exact) mass is 843 g/mol. The van der Waals surface area contributed by atoms with Crippen molar-refractivity contribution in [3.8, 4) is 23.0 Å². The lowest BCUT2D eigenvalue weighted by Crippen LogP contribution is -2.31. The lowest BCUT2D eigenvalue weighted by Gasteiger charge is -2.20. The van der Waals surface area contributed by atoms with E-state index >= 15 is 0 Å². The summed E-state index contributed by atoms with van der Waals surface area (Å²) in [5, 5.41) is 3.11. The zero-order valence-corrected chi connectivity index (χ0v) is 31.3. The molecule has 19 heteroatoms. The molecule has 55 heavy (non-hydrogen) atoms. The van der Waals surface area contributed by atoms with E-state index in [1.165, 1.54) is 61.2 Å². The maximum Gasteiger partial charge on any atom is 0.387 e. The zero-order chi connectivity index (χ0) is 39.6. The summed E-state index contributed by atoms with van der Waals surface area (Å²) in [5.41, 5.74) is 0.630. The fraction of sp³-hybridized carbons (Fsp3) is 0.306. The van der Waals surface area contributed by atoms with E-state index in [-0.39, 0.29) is 72.3 Å². The zero-order valence-electron chi connectivity index (χ0n) is 28.3. The van der Waals surface area contributed by atoms with Gasteiger partial charge < -0.3 is 24.3 Å². The van der Waals surface area contributed by atoms with Gasteiger partial charge in [-0.25, -0.2) is 11.5 Å². The van der Waals surface area contributed by atoms with Gasteiger partial charge in [-0.3, -0.25) is 24.4 Å². The van der Waals surface area contributed by atoms with Crippen molar-refractivity contribution in [2.75, 3.05) is 30.1 Å². The highest BCUT2D eigenvalue weighted by molar-refractivity contribution is 6.40. The Hall–Kier alpha value is -4.75. The summed E-state index contributed by atoms with van der Waals surface area (Å²) in [7, 11) is 0. The molecule has 6 rings (SSSR count). The molecule has 2 aromatic carbocycles. The number of aromatic nitrogens is 2. The molecule has 0 spiro atoms. The summed E-state index contributed by atoms with van der Waals surface area (Å²) in [4.78, 5) is 37.5. The Bertz CT molecular complexity index is 2010. The second-order valence-corrected chi connectivity index (χ2v) is 13.6. The van der Waals surface area contributed by atoms with Crippen molar-refractivity contribution in [1.29, 1.82) is 0 Å². The Labute approximate surface area is 332 Å². The molecule has 290 valence electrons. The molecular weight excluding hydrogens is 816 g/mol. The molecule has 2 amide bonds. The first kappa shape index (κ1) is 41.4. The molecule has 2 aliphatic rings. The fourth-order valence-corrected chi connectivity index (χ4v) is 5.76. The van der Waals surface area contributed by atoms with Crippen LogP contribution in [0.3, 0.4) is 0 Å². The SMILES string of the molecule is O=C(Nc1c(Cl)cncc1Cl)c1ccc(OC(F)F)c(OCC2CC2)c1.[C-]#[N+]CN(C(=O)c1ccc(OC(F)F)c(OCC2CC2)c1)c1c(Cl)cncc1Cl. The molecule has 11 nitrogen and oxygen atoms in total. The Kier molecular flexibility index (Phi) is 14.5. The lowest BCUT2D eigenvalue weighted by molar-refractivity contribution is -0.0521. The third kappa shape index (κ3) is 11.9. The Morgan fingerprint density at radius 2 is 1.20 bits per heavy atom. The van der Waals surface area contributed by atoms with Gasteiger partial charge >= 0.3 is 13.2 Å². The Balaban J connectivity index is 0.000000212. The minimum atomic E-state index is -3.03. The van der Waals surface area contributed by atoms with Gasteiger partial charge in [0.2, 0.25) is 0 Å². The van der Waals surface area contributed by atoms with Crippen LogP contribution in [0.25, 0.3) is 4.85 Å². The highest BCUT2D eigenvalue weighted by atomic mass is 35.5. The van der Waals surface area contributed by atoms with Gasteiger partial charge in [-0.15, -0.1) is 0 Å². The maximum absolute atomic E-state index is 13.1. The number of hydrogen-bond acceptors (Lipinski definition) is 8. The van der Waals surface area contributed by atoms with Crippen LogP contribution in [-0.4, -0.2) is 54.9 Å². The van der Waals surface area contributed by atoms with Gasteiger partial charge in [0.15, 0.2) is 23.0 Å². The Morgan fingerprint density at radius 1 is 0.745 bits per heavy atom. The third-order valence-electron chi connectivity index (χ3n) is 7.82. The molecule has 2 aliphatic carbocycles. The van der Waals surface area contributed by atoms with E-state index in [0.717, 1.165) is 30.6 Å². The molecule has 0 atom stereocenters. The first-order valence-electron chi connectivity index (χ1n) is 16.3. The van der Waals surface area contributed by atoms with Gasteiger partial charge in [0.25, 0.3) is 18.5 Å². The van der Waals surface area contributed by atoms with Crippen molar-refractivity contribution in [2.24, 2.45) is 11.8 Å². The summed E-state index contributed by atoms with van der Waals surface area (Å²) in [6.45, 7) is 1.49. The van der Waals surface area contributed by atoms with Gasteiger partial charge in [0.05, 0.1) is 44.7 Å². The summed E-state index contributed by atoms with van der Waals surface area (Å²) >= 11 is 24.2. The predicted octanol–water partition coefficient (Wildman–Crippen LogP) is 10.3. The molecule has 0 saturated heterocycles. The number of anilines is 2. The van der Waals surface area contributed by atoms with Crippen LogP contribution >= 0.6 is 46.4 Å². The van der Waals surface area contributed by atoms with Crippen LogP contribution in [0.4, 0.5) is 28.9 Å². The number of amides is 2. The van der Waals surface area contributed by atoms with E-state index in [0.29, 0.717) is 25.0 Å². The van der Waals surface area contributed by atoms with Crippen molar-refractivity contribution >= 4 is 69.6 Å². The number of nitrogens with one attached hydrogen (secondary N) is 1. The average Bonchev–Trinajstić information content (AvgIpc) is 4.08. The Morgan fingerprint density at radius 3 is 1.65 bits per heavy atom. The standard InChI is InChI=1S/C19H15Cl2F2N3O3.C17H14Cl2F2N2O3/c1-24-10-26(17-13(20)7-25-8-14(17)21)18(27)12-4-5-15(29-19(22)23)16(6-12)28-9-11-2-3-11;18-11-6-22-7-12(19)15(11)23-16(24)10-3-4-13(26-17(20)21)14(5-10)25-8-9-1-2-9/h4-8,11,19H,2-3,9-10H2;3-7,9,17H,1-2,8H2,(H,22,23,24). The van der Waals surface area contributed by atoms with Crippen molar-refractivity contribution in [3.63, 3.8) is 0 Å². The van der Waals surface area contributed by atoms with E-state index in [4.69, 9.17) is 62.4 Å². The van der Waals surface area contributed by atoms with Crippen molar-refractivity contribution in [1.82, 2.24) is 9.97 Å². The van der Waals surface area contributed by atoms with Gasteiger partial charge in [-0.2, -0.15) is 17.6 Å². The largest absolute Gasteiger partial charge is 0.489 e. The number of carbonyl (C=O) groups excluding carboxylic acids is 2. The number of nitrogens with zero attached hydrogens (tertiary/aromatic N) is 4. The summed E-state index contributed by atoms with van der Waals surface area (Å²) in [5.74, 6) is -0.556. The molecule has 0 unspecified atom stereocenters. The van der Waals surface area contributed by atoms with Crippen LogP contribution < -0.4 is 29.2 Å². The molecule has 0 bridgehead atoms. The predicted molar refractivity (Wildman–Crippen MR) is 197 cm³/mol. The van der Waals surface area contributed by atoms with Crippen LogP contribution in [-0.2, 0) is 0 Å². The summed E-state index contributed by atoms with van der Waals surface area (Å²) in [6, 6.07) is 7.80. The van der Waals surface area contributed by atoms with Gasteiger partial charge in [0, 0.05) is 35.9 Å². The summed E-state index contributed by atoms with van der Waals surface area (Å²) in [6.07, 6.45) is 9.35. The first-order chi connectivity index (χ1) is 26.3. The van der Waals surface area contributed by atoms with Crippen LogP contribution in [0.5, 0.6) is 23.0 Å². The van der Waals surface area contributed by atoms with Crippen molar-refractivity contribution in [2.45, 2.75) is 38.9 Å². The van der Waals surface area contributed by atoms with Crippen LogP contribution in [0.1, 0.15) is 46.4 Å². The second-order valence-electron chi connectivity index (χ2n) is 12.0. The highest BCUT2D eigenvalue weighted by Gasteiger charge is 2.28. The minimum absolute atomic E-state index is 0.0257. The highest BCUT2D eigenvalue weighted by Crippen LogP contribution is 2.38. The molecule has 0 radical (unpaired) electrons. The molecule has 2 saturated carbocycles. The second kappa shape index (κ2) is 19.2.